The summed E-state index contributed by atoms with van der Waals surface area (Å²) in [6, 6.07) is 59.6. The highest BCUT2D eigenvalue weighted by Gasteiger charge is 2.23. The smallest absolute Gasteiger partial charge is 0.235 e. The molecule has 4 heterocycles. The number of fused-ring (bicyclic) bond motifs is 10. The number of nitriles is 1. The van der Waals surface area contributed by atoms with Crippen molar-refractivity contribution < 1.29 is 0 Å². The van der Waals surface area contributed by atoms with Gasteiger partial charge in [0.05, 0.1) is 45.1 Å². The second-order valence-corrected chi connectivity index (χ2v) is 14.4. The average Bonchev–Trinajstić information content (AvgIpc) is 3.88. The first kappa shape index (κ1) is 29.6. The van der Waals surface area contributed by atoms with Gasteiger partial charge in [0.2, 0.25) is 5.95 Å². The Morgan fingerprint density at radius 2 is 1.02 bits per heavy atom. The van der Waals surface area contributed by atoms with E-state index in [-0.39, 0.29) is 0 Å². The molecule has 0 N–H and O–H groups in total. The number of hydrogen-bond acceptors (Lipinski definition) is 4. The summed E-state index contributed by atoms with van der Waals surface area (Å²) >= 11 is 1.74. The zero-order valence-corrected chi connectivity index (χ0v) is 29.0. The summed E-state index contributed by atoms with van der Waals surface area (Å²) in [5.74, 6) is 0.604. The van der Waals surface area contributed by atoms with Crippen LogP contribution in [0.2, 0.25) is 0 Å². The Morgan fingerprint density at radius 3 is 1.72 bits per heavy atom. The minimum atomic E-state index is 0.604. The number of thiophene rings is 1. The van der Waals surface area contributed by atoms with Gasteiger partial charge in [0.15, 0.2) is 0 Å². The van der Waals surface area contributed by atoms with Crippen LogP contribution in [0.3, 0.4) is 0 Å². The van der Waals surface area contributed by atoms with Gasteiger partial charge in [0.1, 0.15) is 0 Å². The van der Waals surface area contributed by atoms with Gasteiger partial charge < -0.3 is 4.57 Å². The zero-order chi connectivity index (χ0) is 35.0. The van der Waals surface area contributed by atoms with Crippen LogP contribution < -0.4 is 0 Å². The van der Waals surface area contributed by atoms with E-state index in [0.29, 0.717) is 11.5 Å². The quantitative estimate of drug-likeness (QED) is 0.184. The largest absolute Gasteiger partial charge is 0.307 e. The van der Waals surface area contributed by atoms with E-state index in [1.165, 1.54) is 15.5 Å². The average molecular weight is 694 g/mol. The van der Waals surface area contributed by atoms with Crippen LogP contribution in [0.1, 0.15) is 5.56 Å². The lowest BCUT2D eigenvalue weighted by Gasteiger charge is -2.14. The fourth-order valence-corrected chi connectivity index (χ4v) is 9.07. The third-order valence-electron chi connectivity index (χ3n) is 10.4. The molecule has 0 amide bonds. The van der Waals surface area contributed by atoms with Gasteiger partial charge in [0.25, 0.3) is 0 Å². The van der Waals surface area contributed by atoms with E-state index in [4.69, 9.17) is 9.97 Å². The number of benzene rings is 7. The maximum absolute atomic E-state index is 9.67. The molecule has 246 valence electrons. The Bertz CT molecular complexity index is 3290. The van der Waals surface area contributed by atoms with Crippen LogP contribution in [0.25, 0.3) is 97.9 Å². The van der Waals surface area contributed by atoms with Crippen molar-refractivity contribution in [2.75, 3.05) is 0 Å². The molecule has 7 aromatic carbocycles. The van der Waals surface area contributed by atoms with Gasteiger partial charge in [-0.2, -0.15) is 5.26 Å². The first-order valence-corrected chi connectivity index (χ1v) is 18.4. The molecule has 0 bridgehead atoms. The van der Waals surface area contributed by atoms with E-state index in [1.807, 2.05) is 24.3 Å². The van der Waals surface area contributed by atoms with Gasteiger partial charge in [-0.15, -0.1) is 11.3 Å². The van der Waals surface area contributed by atoms with Crippen LogP contribution in [0.4, 0.5) is 0 Å². The van der Waals surface area contributed by atoms with E-state index in [2.05, 4.69) is 155 Å². The topological polar surface area (TPSA) is 59.4 Å². The van der Waals surface area contributed by atoms with Crippen molar-refractivity contribution in [1.82, 2.24) is 19.1 Å². The minimum Gasteiger partial charge on any atom is -0.307 e. The highest BCUT2D eigenvalue weighted by molar-refractivity contribution is 7.25. The zero-order valence-electron chi connectivity index (χ0n) is 28.2. The van der Waals surface area contributed by atoms with Gasteiger partial charge in [0, 0.05) is 58.5 Å². The van der Waals surface area contributed by atoms with Crippen molar-refractivity contribution in [2.45, 2.75) is 0 Å². The molecule has 0 aliphatic carbocycles. The third kappa shape index (κ3) is 4.48. The molecule has 11 rings (SSSR count). The molecule has 11 aromatic rings. The van der Waals surface area contributed by atoms with Crippen LogP contribution in [0.5, 0.6) is 0 Å². The number of hydrogen-bond donors (Lipinski definition) is 0. The van der Waals surface area contributed by atoms with Crippen molar-refractivity contribution in [1.29, 1.82) is 5.26 Å². The summed E-state index contributed by atoms with van der Waals surface area (Å²) in [5, 5.41) is 16.5. The molecule has 53 heavy (non-hydrogen) atoms. The third-order valence-corrected chi connectivity index (χ3v) is 11.5. The highest BCUT2D eigenvalue weighted by atomic mass is 32.1. The maximum atomic E-state index is 9.67. The van der Waals surface area contributed by atoms with Crippen molar-refractivity contribution in [3.05, 3.63) is 169 Å². The number of rotatable bonds is 4. The minimum absolute atomic E-state index is 0.604. The van der Waals surface area contributed by atoms with Crippen molar-refractivity contribution in [2.24, 2.45) is 0 Å². The lowest BCUT2D eigenvalue weighted by atomic mass is 10.0. The van der Waals surface area contributed by atoms with Crippen LogP contribution in [-0.2, 0) is 0 Å². The maximum Gasteiger partial charge on any atom is 0.235 e. The van der Waals surface area contributed by atoms with E-state index in [1.54, 1.807) is 11.3 Å². The molecular weight excluding hydrogens is 667 g/mol. The molecule has 0 saturated carbocycles. The van der Waals surface area contributed by atoms with Crippen LogP contribution in [0.15, 0.2) is 164 Å². The second-order valence-electron chi connectivity index (χ2n) is 13.3. The molecule has 0 saturated heterocycles. The number of nitrogens with zero attached hydrogens (tertiary/aromatic N) is 5. The van der Waals surface area contributed by atoms with Gasteiger partial charge in [-0.3, -0.25) is 4.57 Å². The van der Waals surface area contributed by atoms with Gasteiger partial charge in [-0.05, 0) is 60.7 Å². The number of para-hydroxylation sites is 3. The molecule has 0 aliphatic heterocycles. The molecule has 0 radical (unpaired) electrons. The summed E-state index contributed by atoms with van der Waals surface area (Å²) in [4.78, 5) is 10.8. The molecule has 0 aliphatic rings. The summed E-state index contributed by atoms with van der Waals surface area (Å²) in [6.07, 6.45) is 0. The standard InChI is InChI=1S/C47H27N5S/c48-28-29-19-23-43-37(25-29)38-26-31(20-24-44(38)53-43)40-27-39(30-11-3-1-4-12-30)49-47(50-40)52-42-18-10-8-16-34(42)36-22-21-35-33-15-7-9-17-41(33)51(45(35)46(36)52)32-13-5-2-6-14-32/h1-27H. The Labute approximate surface area is 307 Å². The number of aromatic nitrogens is 4. The second kappa shape index (κ2) is 11.5. The van der Waals surface area contributed by atoms with Gasteiger partial charge >= 0.3 is 0 Å². The van der Waals surface area contributed by atoms with Crippen molar-refractivity contribution in [3.63, 3.8) is 0 Å². The Hall–Kier alpha value is -7.07. The normalized spacial score (nSPS) is 11.8. The molecule has 0 atom stereocenters. The fourth-order valence-electron chi connectivity index (χ4n) is 8.00. The van der Waals surface area contributed by atoms with E-state index in [0.717, 1.165) is 76.5 Å². The molecule has 4 aromatic heterocycles. The predicted octanol–water partition coefficient (Wildman–Crippen LogP) is 12.2. The Kier molecular flexibility index (Phi) is 6.42. The Balaban J connectivity index is 1.26. The molecule has 5 nitrogen and oxygen atoms in total. The van der Waals surface area contributed by atoms with E-state index in [9.17, 15) is 5.26 Å². The molecular formula is C47H27N5S. The molecule has 6 heteroatoms. The van der Waals surface area contributed by atoms with E-state index < -0.39 is 0 Å². The SMILES string of the molecule is N#Cc1ccc2sc3ccc(-c4cc(-c5ccccc5)nc(-n5c6ccccc6c6ccc7c8ccccc8n(-c8ccccc8)c7c65)n4)cc3c2c1. The molecule has 0 unspecified atom stereocenters. The van der Waals surface area contributed by atoms with Gasteiger partial charge in [-0.1, -0.05) is 103 Å². The molecule has 0 spiro atoms. The lowest BCUT2D eigenvalue weighted by Crippen LogP contribution is -2.05. The van der Waals surface area contributed by atoms with Crippen LogP contribution in [-0.4, -0.2) is 19.1 Å². The van der Waals surface area contributed by atoms with Crippen LogP contribution in [0, 0.1) is 11.3 Å². The summed E-state index contributed by atoms with van der Waals surface area (Å²) < 4.78 is 6.98. The monoisotopic (exact) mass is 693 g/mol. The lowest BCUT2D eigenvalue weighted by molar-refractivity contribution is 0.995. The molecule has 0 fully saturated rings. The summed E-state index contributed by atoms with van der Waals surface area (Å²) in [5.41, 5.74) is 9.79. The summed E-state index contributed by atoms with van der Waals surface area (Å²) in [6.45, 7) is 0. The van der Waals surface area contributed by atoms with Crippen molar-refractivity contribution >= 4 is 75.1 Å². The fraction of sp³-hybridized carbons (Fsp3) is 0. The van der Waals surface area contributed by atoms with Gasteiger partial charge in [-0.25, -0.2) is 9.97 Å². The predicted molar refractivity (Wildman–Crippen MR) is 219 cm³/mol. The van der Waals surface area contributed by atoms with Crippen LogP contribution >= 0.6 is 11.3 Å². The first-order chi connectivity index (χ1) is 26.2. The highest BCUT2D eigenvalue weighted by Crippen LogP contribution is 2.42. The van der Waals surface area contributed by atoms with E-state index >= 15 is 0 Å². The van der Waals surface area contributed by atoms with Crippen molar-refractivity contribution in [3.8, 4) is 40.2 Å². The summed E-state index contributed by atoms with van der Waals surface area (Å²) in [7, 11) is 0. The first-order valence-electron chi connectivity index (χ1n) is 17.6. The Morgan fingerprint density at radius 1 is 0.453 bits per heavy atom.